The molecule has 0 saturated carbocycles. The van der Waals surface area contributed by atoms with Crippen molar-refractivity contribution in [2.45, 2.75) is 33.1 Å². The second-order valence-corrected chi connectivity index (χ2v) is 4.03. The van der Waals surface area contributed by atoms with Crippen LogP contribution in [0.2, 0.25) is 0 Å². The number of nitrogens with zero attached hydrogens (tertiary/aromatic N) is 2. The van der Waals surface area contributed by atoms with Crippen LogP contribution in [0.25, 0.3) is 10.8 Å². The molecule has 1 unspecified atom stereocenters. The monoisotopic (exact) mass is 200 g/mol. The van der Waals surface area contributed by atoms with E-state index in [0.29, 0.717) is 5.92 Å². The molecule has 2 heteroatoms. The third-order valence-electron chi connectivity index (χ3n) is 3.03. The van der Waals surface area contributed by atoms with E-state index in [2.05, 4.69) is 30.7 Å². The Morgan fingerprint density at radius 3 is 2.87 bits per heavy atom. The van der Waals surface area contributed by atoms with Crippen LogP contribution in [0.3, 0.4) is 0 Å². The first-order valence-electron chi connectivity index (χ1n) is 5.43. The van der Waals surface area contributed by atoms with Gasteiger partial charge in [-0.2, -0.15) is 0 Å². The van der Waals surface area contributed by atoms with Gasteiger partial charge in [-0.1, -0.05) is 13.8 Å². The van der Waals surface area contributed by atoms with Gasteiger partial charge in [0.1, 0.15) is 0 Å². The third kappa shape index (κ3) is 1.72. The average molecular weight is 200 g/mol. The summed E-state index contributed by atoms with van der Waals surface area (Å²) in [4.78, 5) is 8.65. The van der Waals surface area contributed by atoms with Crippen LogP contribution < -0.4 is 0 Å². The fourth-order valence-corrected chi connectivity index (χ4v) is 1.93. The molecule has 0 fully saturated rings. The Labute approximate surface area is 90.4 Å². The van der Waals surface area contributed by atoms with E-state index in [4.69, 9.17) is 0 Å². The van der Waals surface area contributed by atoms with Gasteiger partial charge in [0.25, 0.3) is 0 Å². The van der Waals surface area contributed by atoms with E-state index < -0.39 is 0 Å². The maximum atomic E-state index is 4.36. The smallest absolute Gasteiger partial charge is 0.0454 e. The van der Waals surface area contributed by atoms with Crippen molar-refractivity contribution < 1.29 is 0 Å². The zero-order chi connectivity index (χ0) is 10.8. The molecule has 0 aliphatic heterocycles. The first kappa shape index (κ1) is 10.1. The molecule has 0 saturated heterocycles. The zero-order valence-corrected chi connectivity index (χ0v) is 9.49. The van der Waals surface area contributed by atoms with Crippen LogP contribution in [0.1, 0.15) is 37.4 Å². The van der Waals surface area contributed by atoms with Gasteiger partial charge in [-0.3, -0.25) is 9.97 Å². The Morgan fingerprint density at radius 2 is 2.13 bits per heavy atom. The second-order valence-electron chi connectivity index (χ2n) is 4.03. The molecule has 2 aromatic rings. The molecule has 0 amide bonds. The maximum Gasteiger partial charge on any atom is 0.0454 e. The maximum absolute atomic E-state index is 4.36. The number of pyridine rings is 2. The van der Waals surface area contributed by atoms with Gasteiger partial charge in [0.15, 0.2) is 0 Å². The number of hydrogen-bond donors (Lipinski definition) is 0. The minimum Gasteiger partial charge on any atom is -0.264 e. The molecule has 0 N–H and O–H groups in total. The van der Waals surface area contributed by atoms with Crippen molar-refractivity contribution in [3.05, 3.63) is 35.9 Å². The van der Waals surface area contributed by atoms with E-state index in [9.17, 15) is 0 Å². The van der Waals surface area contributed by atoms with E-state index in [-0.39, 0.29) is 0 Å². The van der Waals surface area contributed by atoms with E-state index in [0.717, 1.165) is 12.1 Å². The number of rotatable bonds is 2. The van der Waals surface area contributed by atoms with Crippen molar-refractivity contribution in [1.29, 1.82) is 0 Å². The van der Waals surface area contributed by atoms with Crippen LogP contribution in [0, 0.1) is 6.92 Å². The van der Waals surface area contributed by atoms with Gasteiger partial charge in [0.05, 0.1) is 0 Å². The Kier molecular flexibility index (Phi) is 2.67. The van der Waals surface area contributed by atoms with Crippen LogP contribution in [0.5, 0.6) is 0 Å². The average Bonchev–Trinajstić information content (AvgIpc) is 2.28. The fourth-order valence-electron chi connectivity index (χ4n) is 1.93. The van der Waals surface area contributed by atoms with Crippen LogP contribution in [0.4, 0.5) is 0 Å². The fraction of sp³-hybridized carbons (Fsp3) is 0.385. The van der Waals surface area contributed by atoms with Gasteiger partial charge in [0, 0.05) is 35.1 Å². The van der Waals surface area contributed by atoms with Crippen LogP contribution in [-0.4, -0.2) is 9.97 Å². The molecule has 78 valence electrons. The van der Waals surface area contributed by atoms with E-state index in [1.807, 2.05) is 24.7 Å². The molecular formula is C13H16N2. The molecule has 0 aliphatic carbocycles. The predicted octanol–water partition coefficient (Wildman–Crippen LogP) is 3.45. The quantitative estimate of drug-likeness (QED) is 0.742. The topological polar surface area (TPSA) is 25.8 Å². The third-order valence-corrected chi connectivity index (χ3v) is 3.03. The number of fused-ring (bicyclic) bond motifs is 1. The highest BCUT2D eigenvalue weighted by Gasteiger charge is 2.10. The Hall–Kier alpha value is -1.44. The molecule has 2 rings (SSSR count). The summed E-state index contributed by atoms with van der Waals surface area (Å²) in [5, 5.41) is 2.47. The Bertz CT molecular complexity index is 472. The van der Waals surface area contributed by atoms with Crippen molar-refractivity contribution in [3.63, 3.8) is 0 Å². The molecular weight excluding hydrogens is 184 g/mol. The largest absolute Gasteiger partial charge is 0.264 e. The number of aryl methyl sites for hydroxylation is 1. The molecule has 0 radical (unpaired) electrons. The van der Waals surface area contributed by atoms with Gasteiger partial charge >= 0.3 is 0 Å². The second kappa shape index (κ2) is 3.97. The van der Waals surface area contributed by atoms with Gasteiger partial charge in [-0.05, 0) is 30.9 Å². The molecule has 2 heterocycles. The lowest BCUT2D eigenvalue weighted by Gasteiger charge is -2.12. The molecule has 0 aliphatic rings. The van der Waals surface area contributed by atoms with E-state index in [1.165, 1.54) is 16.3 Å². The van der Waals surface area contributed by atoms with Crippen molar-refractivity contribution in [1.82, 2.24) is 9.97 Å². The van der Waals surface area contributed by atoms with Gasteiger partial charge in [-0.15, -0.1) is 0 Å². The molecule has 0 bridgehead atoms. The minimum absolute atomic E-state index is 0.545. The SMILES string of the molecule is CCC(C)c1cncc2ccnc(C)c12. The van der Waals surface area contributed by atoms with Gasteiger partial charge in [0.2, 0.25) is 0 Å². The van der Waals surface area contributed by atoms with E-state index >= 15 is 0 Å². The Morgan fingerprint density at radius 1 is 1.33 bits per heavy atom. The lowest BCUT2D eigenvalue weighted by molar-refractivity contribution is 0.735. The highest BCUT2D eigenvalue weighted by Crippen LogP contribution is 2.27. The zero-order valence-electron chi connectivity index (χ0n) is 9.49. The summed E-state index contributed by atoms with van der Waals surface area (Å²) < 4.78 is 0. The number of hydrogen-bond acceptors (Lipinski definition) is 2. The molecule has 15 heavy (non-hydrogen) atoms. The lowest BCUT2D eigenvalue weighted by Crippen LogP contribution is -1.97. The normalized spacial score (nSPS) is 13.0. The van der Waals surface area contributed by atoms with Gasteiger partial charge < -0.3 is 0 Å². The predicted molar refractivity (Wildman–Crippen MR) is 63.0 cm³/mol. The minimum atomic E-state index is 0.545. The van der Waals surface area contributed by atoms with Crippen molar-refractivity contribution >= 4 is 10.8 Å². The van der Waals surface area contributed by atoms with Crippen LogP contribution in [-0.2, 0) is 0 Å². The van der Waals surface area contributed by atoms with E-state index in [1.54, 1.807) is 0 Å². The van der Waals surface area contributed by atoms with Crippen molar-refractivity contribution in [2.75, 3.05) is 0 Å². The first-order valence-corrected chi connectivity index (χ1v) is 5.43. The molecule has 2 aromatic heterocycles. The highest BCUT2D eigenvalue weighted by atomic mass is 14.7. The summed E-state index contributed by atoms with van der Waals surface area (Å²) in [5.74, 6) is 0.545. The summed E-state index contributed by atoms with van der Waals surface area (Å²) in [5.41, 5.74) is 2.42. The molecule has 0 aromatic carbocycles. The van der Waals surface area contributed by atoms with Crippen molar-refractivity contribution in [3.8, 4) is 0 Å². The summed E-state index contributed by atoms with van der Waals surface area (Å²) in [7, 11) is 0. The summed E-state index contributed by atoms with van der Waals surface area (Å²) in [6, 6.07) is 2.03. The molecule has 0 spiro atoms. The molecule has 2 nitrogen and oxygen atoms in total. The number of aromatic nitrogens is 2. The van der Waals surface area contributed by atoms with Gasteiger partial charge in [-0.25, -0.2) is 0 Å². The first-order chi connectivity index (χ1) is 7.24. The summed E-state index contributed by atoms with van der Waals surface area (Å²) in [6.07, 6.45) is 6.87. The molecule has 1 atom stereocenters. The van der Waals surface area contributed by atoms with Crippen molar-refractivity contribution in [2.24, 2.45) is 0 Å². The highest BCUT2D eigenvalue weighted by molar-refractivity contribution is 5.86. The summed E-state index contributed by atoms with van der Waals surface area (Å²) in [6.45, 7) is 6.51. The van der Waals surface area contributed by atoms with Crippen LogP contribution in [0.15, 0.2) is 24.7 Å². The van der Waals surface area contributed by atoms with Crippen LogP contribution >= 0.6 is 0 Å². The summed E-state index contributed by atoms with van der Waals surface area (Å²) >= 11 is 0. The lowest BCUT2D eigenvalue weighted by atomic mass is 9.95. The Balaban J connectivity index is 2.74. The standard InChI is InChI=1S/C13H16N2/c1-4-9(2)12-8-14-7-11-5-6-15-10(3)13(11)12/h5-9H,4H2,1-3H3.